The Bertz CT molecular complexity index is 3380. The number of hydrogen-bond donors (Lipinski definition) is 0. The van der Waals surface area contributed by atoms with E-state index in [1.54, 1.807) is 0 Å². The van der Waals surface area contributed by atoms with E-state index in [0.717, 1.165) is 67.7 Å². The summed E-state index contributed by atoms with van der Waals surface area (Å²) >= 11 is 0. The fourth-order valence-corrected chi connectivity index (χ4v) is 8.57. The van der Waals surface area contributed by atoms with Crippen molar-refractivity contribution >= 4 is 49.2 Å². The van der Waals surface area contributed by atoms with E-state index in [0.29, 0.717) is 29.0 Å². The van der Waals surface area contributed by atoms with Gasteiger partial charge in [0.25, 0.3) is 0 Å². The zero-order valence-electron chi connectivity index (χ0n) is 32.3. The van der Waals surface area contributed by atoms with Crippen molar-refractivity contribution in [1.82, 2.24) is 24.1 Å². The lowest BCUT2D eigenvalue weighted by molar-refractivity contribution is 0.738. The number of fused-ring (bicyclic) bond motifs is 6. The van der Waals surface area contributed by atoms with E-state index in [4.69, 9.17) is 15.0 Å². The molecule has 0 amide bonds. The van der Waals surface area contributed by atoms with E-state index < -0.39 is 0 Å². The molecule has 10 aromatic rings. The Morgan fingerprint density at radius 2 is 1.05 bits per heavy atom. The minimum atomic E-state index is 0.491. The highest BCUT2D eigenvalue weighted by atomic mass is 15.0. The second-order valence-electron chi connectivity index (χ2n) is 15.3. The number of nitriles is 1. The number of aromatic nitrogens is 5. The molecule has 7 aromatic carbocycles. The first-order valence-corrected chi connectivity index (χ1v) is 20.0. The molecule has 0 radical (unpaired) electrons. The molecule has 0 saturated carbocycles. The van der Waals surface area contributed by atoms with Gasteiger partial charge in [0.2, 0.25) is 0 Å². The van der Waals surface area contributed by atoms with Crippen LogP contribution in [0.25, 0.3) is 94.5 Å². The molecule has 0 N–H and O–H groups in total. The van der Waals surface area contributed by atoms with Crippen molar-refractivity contribution in [3.63, 3.8) is 0 Å². The Balaban J connectivity index is 1.06. The van der Waals surface area contributed by atoms with Crippen molar-refractivity contribution in [2.45, 2.75) is 13.3 Å². The zero-order chi connectivity index (χ0) is 39.5. The predicted octanol–water partition coefficient (Wildman–Crippen LogP) is 12.9. The smallest absolute Gasteiger partial charge is 0.164 e. The molecule has 1 atom stereocenters. The first-order chi connectivity index (χ1) is 29.1. The summed E-state index contributed by atoms with van der Waals surface area (Å²) in [6.07, 6.45) is 7.55. The number of para-hydroxylation sites is 2. The molecular weight excluding hydrogens is 721 g/mol. The quantitative estimate of drug-likeness (QED) is 0.169. The van der Waals surface area contributed by atoms with Gasteiger partial charge in [-0.3, -0.25) is 0 Å². The largest absolute Gasteiger partial charge is 0.309 e. The molecule has 1 unspecified atom stereocenters. The lowest BCUT2D eigenvalue weighted by Gasteiger charge is -2.13. The van der Waals surface area contributed by atoms with Crippen molar-refractivity contribution in [3.8, 4) is 51.3 Å². The van der Waals surface area contributed by atoms with Crippen LogP contribution in [-0.4, -0.2) is 24.1 Å². The Labute approximate surface area is 341 Å². The first-order valence-electron chi connectivity index (χ1n) is 20.0. The summed E-state index contributed by atoms with van der Waals surface area (Å²) in [5.74, 6) is 2.48. The maximum Gasteiger partial charge on any atom is 0.164 e. The van der Waals surface area contributed by atoms with Gasteiger partial charge in [-0.1, -0.05) is 128 Å². The molecule has 3 aromatic heterocycles. The van der Waals surface area contributed by atoms with Gasteiger partial charge in [0.1, 0.15) is 0 Å². The Hall–Kier alpha value is -7.88. The van der Waals surface area contributed by atoms with Gasteiger partial charge in [-0.2, -0.15) is 5.26 Å². The van der Waals surface area contributed by atoms with Crippen LogP contribution in [-0.2, 0) is 0 Å². The van der Waals surface area contributed by atoms with E-state index in [-0.39, 0.29) is 0 Å². The monoisotopic (exact) mass is 756 g/mol. The molecule has 11 rings (SSSR count). The summed E-state index contributed by atoms with van der Waals surface area (Å²) in [4.78, 5) is 15.1. The summed E-state index contributed by atoms with van der Waals surface area (Å²) in [6, 6.07) is 59.5. The fourth-order valence-electron chi connectivity index (χ4n) is 8.57. The van der Waals surface area contributed by atoms with Crippen LogP contribution in [0.15, 0.2) is 182 Å². The predicted molar refractivity (Wildman–Crippen MR) is 240 cm³/mol. The third-order valence-electron chi connectivity index (χ3n) is 11.5. The molecule has 0 aliphatic heterocycles. The molecule has 0 saturated heterocycles. The summed E-state index contributed by atoms with van der Waals surface area (Å²) in [7, 11) is 0. The van der Waals surface area contributed by atoms with Crippen LogP contribution in [0.2, 0.25) is 0 Å². The van der Waals surface area contributed by atoms with Gasteiger partial charge in [0.15, 0.2) is 17.5 Å². The van der Waals surface area contributed by atoms with Gasteiger partial charge in [0.05, 0.1) is 33.7 Å². The van der Waals surface area contributed by atoms with Gasteiger partial charge in [-0.05, 0) is 84.1 Å². The van der Waals surface area contributed by atoms with E-state index in [1.807, 2.05) is 54.6 Å². The lowest BCUT2D eigenvalue weighted by Crippen LogP contribution is -2.04. The molecule has 1 aliphatic carbocycles. The third-order valence-corrected chi connectivity index (χ3v) is 11.5. The Kier molecular flexibility index (Phi) is 8.13. The van der Waals surface area contributed by atoms with E-state index in [9.17, 15) is 5.26 Å². The molecule has 1 aliphatic rings. The highest BCUT2D eigenvalue weighted by Crippen LogP contribution is 2.39. The standard InChI is InChI=1S/C53H36N6/c1-34-18-22-37(23-19-34)52-55-51(36-10-3-2-4-11-36)56-53(57-52)40-13-9-12-38(30-40)39-24-28-45-43-14-6-8-17-48(43)59(49(45)31-39)42-27-29-46-44-15-5-7-16-47(44)58(50(46)32-42)41-25-20-35(33-54)21-26-41/h2-18,20-32,34H,19H2,1H3. The van der Waals surface area contributed by atoms with Crippen molar-refractivity contribution in [2.75, 3.05) is 0 Å². The molecule has 59 heavy (non-hydrogen) atoms. The van der Waals surface area contributed by atoms with Crippen LogP contribution < -0.4 is 0 Å². The maximum absolute atomic E-state index is 9.52. The first kappa shape index (κ1) is 34.4. The van der Waals surface area contributed by atoms with Gasteiger partial charge in [0, 0.05) is 49.6 Å². The molecule has 0 spiro atoms. The van der Waals surface area contributed by atoms with E-state index in [2.05, 4.69) is 150 Å². The number of hydrogen-bond acceptors (Lipinski definition) is 4. The fraction of sp³-hybridized carbons (Fsp3) is 0.0566. The third kappa shape index (κ3) is 5.91. The number of benzene rings is 7. The van der Waals surface area contributed by atoms with E-state index >= 15 is 0 Å². The van der Waals surface area contributed by atoms with Crippen molar-refractivity contribution < 1.29 is 0 Å². The van der Waals surface area contributed by atoms with Crippen LogP contribution in [0.4, 0.5) is 0 Å². The SMILES string of the molecule is CC1C=CC(c2nc(-c3ccccc3)nc(-c3cccc(-c4ccc5c6ccccc6n(-c6ccc7c8ccccc8n(-c8ccc(C#N)cc8)c7c6)c5c4)c3)n2)=CC1. The van der Waals surface area contributed by atoms with E-state index in [1.165, 1.54) is 21.5 Å². The summed E-state index contributed by atoms with van der Waals surface area (Å²) in [5, 5.41) is 14.3. The molecule has 6 heteroatoms. The lowest BCUT2D eigenvalue weighted by atomic mass is 9.98. The molecule has 0 fully saturated rings. The molecule has 0 bridgehead atoms. The molecular formula is C53H36N6. The second kappa shape index (κ2) is 13.9. The summed E-state index contributed by atoms with van der Waals surface area (Å²) in [5.41, 5.74) is 12.3. The molecule has 278 valence electrons. The van der Waals surface area contributed by atoms with Crippen LogP contribution in [0, 0.1) is 17.2 Å². The topological polar surface area (TPSA) is 72.3 Å². The normalized spacial score (nSPS) is 14.0. The van der Waals surface area contributed by atoms with Crippen molar-refractivity contribution in [2.24, 2.45) is 5.92 Å². The minimum Gasteiger partial charge on any atom is -0.309 e. The average Bonchev–Trinajstić information content (AvgIpc) is 3.81. The van der Waals surface area contributed by atoms with Crippen molar-refractivity contribution in [1.29, 1.82) is 5.26 Å². The second-order valence-corrected chi connectivity index (χ2v) is 15.3. The summed E-state index contributed by atoms with van der Waals surface area (Å²) < 4.78 is 4.69. The van der Waals surface area contributed by atoms with Crippen LogP contribution in [0.1, 0.15) is 24.7 Å². The molecule has 3 heterocycles. The van der Waals surface area contributed by atoms with Crippen LogP contribution >= 0.6 is 0 Å². The Morgan fingerprint density at radius 1 is 0.492 bits per heavy atom. The molecule has 6 nitrogen and oxygen atoms in total. The number of nitrogens with zero attached hydrogens (tertiary/aromatic N) is 6. The zero-order valence-corrected chi connectivity index (χ0v) is 32.3. The Morgan fingerprint density at radius 3 is 1.76 bits per heavy atom. The van der Waals surface area contributed by atoms with Gasteiger partial charge in [-0.25, -0.2) is 15.0 Å². The number of rotatable bonds is 6. The number of allylic oxidation sites excluding steroid dienone is 4. The van der Waals surface area contributed by atoms with Gasteiger partial charge < -0.3 is 9.13 Å². The van der Waals surface area contributed by atoms with Crippen molar-refractivity contribution in [3.05, 3.63) is 193 Å². The van der Waals surface area contributed by atoms with Gasteiger partial charge >= 0.3 is 0 Å². The van der Waals surface area contributed by atoms with Crippen LogP contribution in [0.5, 0.6) is 0 Å². The average molecular weight is 757 g/mol. The maximum atomic E-state index is 9.52. The summed E-state index contributed by atoms with van der Waals surface area (Å²) in [6.45, 7) is 2.22. The van der Waals surface area contributed by atoms with Crippen LogP contribution in [0.3, 0.4) is 0 Å². The highest BCUT2D eigenvalue weighted by Gasteiger charge is 2.19. The minimum absolute atomic E-state index is 0.491. The highest BCUT2D eigenvalue weighted by molar-refractivity contribution is 6.12. The van der Waals surface area contributed by atoms with Gasteiger partial charge in [-0.15, -0.1) is 0 Å².